The van der Waals surface area contributed by atoms with Crippen molar-refractivity contribution >= 4 is 29.3 Å². The molecule has 240 valence electrons. The van der Waals surface area contributed by atoms with E-state index < -0.39 is 12.1 Å². The van der Waals surface area contributed by atoms with E-state index in [4.69, 9.17) is 42.0 Å². The van der Waals surface area contributed by atoms with Gasteiger partial charge in [0.05, 0.1) is 29.9 Å². The maximum Gasteiger partial charge on any atom is 0.490 e. The summed E-state index contributed by atoms with van der Waals surface area (Å²) in [6.45, 7) is 6.32. The second-order valence-electron chi connectivity index (χ2n) is 10.1. The zero-order valence-electron chi connectivity index (χ0n) is 23.9. The van der Waals surface area contributed by atoms with Gasteiger partial charge in [0.15, 0.2) is 11.5 Å². The summed E-state index contributed by atoms with van der Waals surface area (Å²) in [6.07, 6.45) is -1.77. The van der Waals surface area contributed by atoms with Gasteiger partial charge in [0.1, 0.15) is 11.8 Å². The third-order valence-electron chi connectivity index (χ3n) is 7.01. The molecule has 1 saturated heterocycles. The summed E-state index contributed by atoms with van der Waals surface area (Å²) in [7, 11) is 0. The molecule has 0 bridgehead atoms. The second-order valence-corrected chi connectivity index (χ2v) is 10.5. The van der Waals surface area contributed by atoms with Gasteiger partial charge >= 0.3 is 12.1 Å². The number of nitrogens with two attached hydrogens (primary N) is 1. The smallest absolute Gasteiger partial charge is 0.490 e. The summed E-state index contributed by atoms with van der Waals surface area (Å²) in [6, 6.07) is 10.8. The number of alkyl halides is 3. The van der Waals surface area contributed by atoms with Crippen molar-refractivity contribution in [1.82, 2.24) is 20.4 Å². The van der Waals surface area contributed by atoms with Crippen molar-refractivity contribution in [3.63, 3.8) is 0 Å². The number of benzene rings is 1. The molecular weight excluding hydrogens is 607 g/mol. The molecule has 0 radical (unpaired) electrons. The van der Waals surface area contributed by atoms with E-state index in [-0.39, 0.29) is 18.1 Å². The van der Waals surface area contributed by atoms with Crippen LogP contribution in [0.15, 0.2) is 30.3 Å². The highest BCUT2D eigenvalue weighted by molar-refractivity contribution is 6.31. The molecule has 2 heterocycles. The van der Waals surface area contributed by atoms with Gasteiger partial charge < -0.3 is 30.5 Å². The van der Waals surface area contributed by atoms with E-state index in [9.17, 15) is 18.0 Å². The lowest BCUT2D eigenvalue weighted by Gasteiger charge is -2.35. The van der Waals surface area contributed by atoms with Gasteiger partial charge in [0.25, 0.3) is 5.91 Å². The number of nitriles is 1. The first-order valence-corrected chi connectivity index (χ1v) is 14.4. The molecule has 4 N–H and O–H groups in total. The Hall–Kier alpha value is -3.71. The van der Waals surface area contributed by atoms with E-state index >= 15 is 0 Å². The Labute approximate surface area is 257 Å². The minimum Gasteiger partial charge on any atom is -0.490 e. The maximum atomic E-state index is 12.7. The van der Waals surface area contributed by atoms with Crippen LogP contribution in [0.3, 0.4) is 0 Å². The first-order chi connectivity index (χ1) is 21.0. The molecule has 2 aromatic rings. The molecule has 1 aliphatic heterocycles. The van der Waals surface area contributed by atoms with Crippen LogP contribution in [-0.4, -0.2) is 103 Å². The number of carboxylic acids is 1. The molecule has 0 atom stereocenters. The van der Waals surface area contributed by atoms with E-state index in [1.54, 1.807) is 24.3 Å². The number of anilines is 1. The predicted octanol–water partition coefficient (Wildman–Crippen LogP) is 2.85. The molecule has 1 saturated carbocycles. The first-order valence-electron chi connectivity index (χ1n) is 14.1. The number of rotatable bonds is 10. The van der Waals surface area contributed by atoms with Crippen LogP contribution in [0.4, 0.5) is 19.0 Å². The third-order valence-corrected chi connectivity index (χ3v) is 7.32. The molecular formula is C28H35ClF3N7O5. The van der Waals surface area contributed by atoms with E-state index in [0.717, 1.165) is 64.2 Å². The van der Waals surface area contributed by atoms with Crippen LogP contribution in [0, 0.1) is 11.3 Å². The van der Waals surface area contributed by atoms with Gasteiger partial charge in [-0.2, -0.15) is 18.4 Å². The zero-order chi connectivity index (χ0) is 32.1. The monoisotopic (exact) mass is 641 g/mol. The minimum absolute atomic E-state index is 0.0511. The number of halogens is 4. The van der Waals surface area contributed by atoms with Crippen molar-refractivity contribution in [1.29, 1.82) is 5.26 Å². The normalized spacial score (nSPS) is 18.9. The molecule has 1 amide bonds. The fourth-order valence-electron chi connectivity index (χ4n) is 4.63. The number of nitrogens with one attached hydrogen (secondary N) is 1. The number of aliphatic carboxylic acids is 1. The van der Waals surface area contributed by atoms with Crippen molar-refractivity contribution < 1.29 is 37.3 Å². The Balaban J connectivity index is 0.000000676. The van der Waals surface area contributed by atoms with Crippen LogP contribution in [0.25, 0.3) is 0 Å². The highest BCUT2D eigenvalue weighted by Gasteiger charge is 2.38. The summed E-state index contributed by atoms with van der Waals surface area (Å²) < 4.78 is 43.2. The Kier molecular flexibility index (Phi) is 13.4. The molecule has 2 fully saturated rings. The number of nitrogens with zero attached hydrogens (tertiary/aromatic N) is 5. The molecule has 2 aliphatic rings. The number of aromatic nitrogens is 2. The molecule has 44 heavy (non-hydrogen) atoms. The first kappa shape index (κ1) is 34.8. The molecule has 4 rings (SSSR count). The highest BCUT2D eigenvalue weighted by Crippen LogP contribution is 2.27. The number of ether oxygens (including phenoxy) is 2. The number of hydrogen-bond donors (Lipinski definition) is 3. The third kappa shape index (κ3) is 11.1. The average molecular weight is 642 g/mol. The average Bonchev–Trinajstić information content (AvgIpc) is 3.01. The van der Waals surface area contributed by atoms with E-state index in [1.807, 2.05) is 12.1 Å². The number of amides is 1. The Morgan fingerprint density at radius 3 is 2.32 bits per heavy atom. The molecule has 0 spiro atoms. The van der Waals surface area contributed by atoms with Gasteiger partial charge in [-0.1, -0.05) is 11.6 Å². The molecule has 0 unspecified atom stereocenters. The van der Waals surface area contributed by atoms with E-state index in [0.29, 0.717) is 41.8 Å². The standard InChI is InChI=1S/C26H34ClN7O3.C2HF3O2/c27-23-17-22(4-1-19(23)18-29)37-21-5-2-20(3-6-21)30-26(35)24-7-8-25(32-31-24)34-12-10-33(11-13-34)14-16-36-15-9-28;3-2(4,5)1(6)7/h1,4,7-8,17,20-21H,2-3,5-6,9-16,28H2,(H,30,35);(H,6,7). The van der Waals surface area contributed by atoms with Crippen LogP contribution in [-0.2, 0) is 9.53 Å². The summed E-state index contributed by atoms with van der Waals surface area (Å²) in [5.41, 5.74) is 6.20. The van der Waals surface area contributed by atoms with Crippen LogP contribution in [0.1, 0.15) is 41.7 Å². The minimum atomic E-state index is -5.08. The Bertz CT molecular complexity index is 1260. The van der Waals surface area contributed by atoms with Gasteiger partial charge in [0.2, 0.25) is 0 Å². The molecule has 12 nitrogen and oxygen atoms in total. The van der Waals surface area contributed by atoms with Crippen molar-refractivity contribution in [3.05, 3.63) is 46.6 Å². The number of piperazine rings is 1. The lowest BCUT2D eigenvalue weighted by atomic mass is 9.93. The van der Waals surface area contributed by atoms with Gasteiger partial charge in [-0.15, -0.1) is 10.2 Å². The zero-order valence-corrected chi connectivity index (χ0v) is 24.7. The summed E-state index contributed by atoms with van der Waals surface area (Å²) in [5.74, 6) is -1.52. The lowest BCUT2D eigenvalue weighted by Crippen LogP contribution is -2.47. The van der Waals surface area contributed by atoms with Gasteiger partial charge in [-0.25, -0.2) is 4.79 Å². The van der Waals surface area contributed by atoms with Crippen molar-refractivity contribution in [2.75, 3.05) is 57.4 Å². The van der Waals surface area contributed by atoms with Crippen LogP contribution in [0.5, 0.6) is 5.75 Å². The van der Waals surface area contributed by atoms with Crippen LogP contribution < -0.4 is 20.7 Å². The van der Waals surface area contributed by atoms with Crippen molar-refractivity contribution in [2.24, 2.45) is 5.73 Å². The SMILES string of the molecule is N#Cc1ccc(OC2CCC(NC(=O)c3ccc(N4CCN(CCOCCN)CC4)nn3)CC2)cc1Cl.O=C(O)C(F)(F)F. The number of carbonyl (C=O) groups is 2. The van der Waals surface area contributed by atoms with Gasteiger partial charge in [-0.3, -0.25) is 9.69 Å². The van der Waals surface area contributed by atoms with Crippen LogP contribution in [0.2, 0.25) is 5.02 Å². The Morgan fingerprint density at radius 1 is 1.09 bits per heavy atom. The van der Waals surface area contributed by atoms with Crippen molar-refractivity contribution in [2.45, 2.75) is 44.0 Å². The quantitative estimate of drug-likeness (QED) is 0.326. The van der Waals surface area contributed by atoms with Gasteiger partial charge in [-0.05, 0) is 49.9 Å². The second kappa shape index (κ2) is 17.0. The summed E-state index contributed by atoms with van der Waals surface area (Å²) >= 11 is 6.10. The van der Waals surface area contributed by atoms with Gasteiger partial charge in [0, 0.05) is 51.4 Å². The number of carbonyl (C=O) groups excluding carboxylic acids is 1. The number of carboxylic acid groups (broad SMARTS) is 1. The topological polar surface area (TPSA) is 167 Å². The molecule has 1 aromatic carbocycles. The predicted molar refractivity (Wildman–Crippen MR) is 155 cm³/mol. The fourth-order valence-corrected chi connectivity index (χ4v) is 4.84. The largest absolute Gasteiger partial charge is 0.490 e. The lowest BCUT2D eigenvalue weighted by molar-refractivity contribution is -0.192. The molecule has 1 aliphatic carbocycles. The fraction of sp³-hybridized carbons (Fsp3) is 0.536. The Morgan fingerprint density at radius 2 is 1.77 bits per heavy atom. The molecule has 16 heteroatoms. The van der Waals surface area contributed by atoms with E-state index in [2.05, 4.69) is 25.3 Å². The van der Waals surface area contributed by atoms with Crippen molar-refractivity contribution in [3.8, 4) is 11.8 Å². The summed E-state index contributed by atoms with van der Waals surface area (Å²) in [4.78, 5) is 26.2. The maximum absolute atomic E-state index is 12.7. The van der Waals surface area contributed by atoms with E-state index in [1.165, 1.54) is 0 Å². The molecule has 1 aromatic heterocycles. The highest BCUT2D eigenvalue weighted by atomic mass is 35.5. The summed E-state index contributed by atoms with van der Waals surface area (Å²) in [5, 5.41) is 28.1. The van der Waals surface area contributed by atoms with Crippen LogP contribution >= 0.6 is 11.6 Å². The number of hydrogen-bond acceptors (Lipinski definition) is 10.